The van der Waals surface area contributed by atoms with Crippen molar-refractivity contribution in [1.82, 2.24) is 4.98 Å². The van der Waals surface area contributed by atoms with Crippen LogP contribution in [0.1, 0.15) is 31.4 Å². The largest absolute Gasteiger partial charge is 0.487 e. The third kappa shape index (κ3) is 6.48. The van der Waals surface area contributed by atoms with Crippen LogP contribution in [0, 0.1) is 5.92 Å². The third-order valence-corrected chi connectivity index (χ3v) is 4.30. The number of amides is 1. The van der Waals surface area contributed by atoms with Gasteiger partial charge in [0.05, 0.1) is 5.69 Å². The molecule has 1 fully saturated rings. The minimum Gasteiger partial charge on any atom is -0.487 e. The highest BCUT2D eigenvalue weighted by atomic mass is 35.5. The van der Waals surface area contributed by atoms with Gasteiger partial charge in [-0.2, -0.15) is 0 Å². The summed E-state index contributed by atoms with van der Waals surface area (Å²) in [6, 6.07) is 13.3. The van der Waals surface area contributed by atoms with Crippen LogP contribution in [-0.4, -0.2) is 16.9 Å². The fourth-order valence-electron chi connectivity index (χ4n) is 3.01. The van der Waals surface area contributed by atoms with Crippen LogP contribution in [0.4, 0.5) is 5.69 Å². The zero-order valence-electron chi connectivity index (χ0n) is 14.5. The van der Waals surface area contributed by atoms with Crippen LogP contribution in [0.25, 0.3) is 0 Å². The van der Waals surface area contributed by atoms with E-state index in [0.717, 1.165) is 37.1 Å². The number of nitrogens with zero attached hydrogens (tertiary/aromatic N) is 1. The van der Waals surface area contributed by atoms with Gasteiger partial charge in [0.25, 0.3) is 0 Å². The molecule has 2 unspecified atom stereocenters. The number of halogens is 2. The molecule has 1 aromatic carbocycles. The van der Waals surface area contributed by atoms with Crippen LogP contribution in [0.15, 0.2) is 48.7 Å². The molecular formula is C19H25Cl2N3O2. The highest BCUT2D eigenvalue weighted by Gasteiger charge is 2.25. The Morgan fingerprint density at radius 2 is 2.04 bits per heavy atom. The highest BCUT2D eigenvalue weighted by Crippen LogP contribution is 2.25. The van der Waals surface area contributed by atoms with Gasteiger partial charge in [0.2, 0.25) is 5.91 Å². The Bertz CT molecular complexity index is 685. The van der Waals surface area contributed by atoms with Gasteiger partial charge in [0.15, 0.2) is 0 Å². The minimum absolute atomic E-state index is 0. The standard InChI is InChI=1S/C19H23N3O2.2ClH/c20-15-6-3-5-14(11-15)19(23)22-16-8-4-9-18(12-16)24-13-17-7-1-2-10-21-17;;/h1-2,4,7-10,12,14-15H,3,5-6,11,13,20H2,(H,22,23);2*1H. The lowest BCUT2D eigenvalue weighted by Gasteiger charge is -2.25. The predicted octanol–water partition coefficient (Wildman–Crippen LogP) is 3.96. The van der Waals surface area contributed by atoms with Crippen molar-refractivity contribution >= 4 is 36.4 Å². The average Bonchev–Trinajstić information content (AvgIpc) is 2.61. The van der Waals surface area contributed by atoms with Gasteiger partial charge in [-0.15, -0.1) is 24.8 Å². The van der Waals surface area contributed by atoms with Crippen LogP contribution in [0.5, 0.6) is 5.75 Å². The summed E-state index contributed by atoms with van der Waals surface area (Å²) in [5.74, 6) is 0.762. The summed E-state index contributed by atoms with van der Waals surface area (Å²) < 4.78 is 5.74. The van der Waals surface area contributed by atoms with Crippen LogP contribution in [-0.2, 0) is 11.4 Å². The minimum atomic E-state index is 0. The van der Waals surface area contributed by atoms with Gasteiger partial charge >= 0.3 is 0 Å². The molecule has 0 saturated heterocycles. The third-order valence-electron chi connectivity index (χ3n) is 4.30. The lowest BCUT2D eigenvalue weighted by molar-refractivity contribution is -0.120. The summed E-state index contributed by atoms with van der Waals surface area (Å²) in [5.41, 5.74) is 7.58. The van der Waals surface area contributed by atoms with Gasteiger partial charge in [-0.05, 0) is 43.5 Å². The van der Waals surface area contributed by atoms with Crippen molar-refractivity contribution in [2.24, 2.45) is 11.7 Å². The molecule has 1 aromatic heterocycles. The van der Waals surface area contributed by atoms with E-state index < -0.39 is 0 Å². The number of nitrogens with two attached hydrogens (primary N) is 1. The SMILES string of the molecule is Cl.Cl.NC1CCCC(C(=O)Nc2cccc(OCc3ccccn3)c2)C1. The molecule has 5 nitrogen and oxygen atoms in total. The number of carbonyl (C=O) groups is 1. The Hall–Kier alpha value is -1.82. The van der Waals surface area contributed by atoms with Crippen LogP contribution < -0.4 is 15.8 Å². The van der Waals surface area contributed by atoms with Crippen LogP contribution in [0.2, 0.25) is 0 Å². The number of aromatic nitrogens is 1. The molecule has 2 atom stereocenters. The molecule has 1 amide bonds. The zero-order chi connectivity index (χ0) is 16.8. The Kier molecular flexibility index (Phi) is 9.41. The molecule has 3 N–H and O–H groups in total. The Labute approximate surface area is 166 Å². The number of nitrogens with one attached hydrogen (secondary N) is 1. The van der Waals surface area contributed by atoms with Crippen molar-refractivity contribution in [1.29, 1.82) is 0 Å². The number of carbonyl (C=O) groups excluding carboxylic acids is 1. The summed E-state index contributed by atoms with van der Waals surface area (Å²) in [7, 11) is 0. The Morgan fingerprint density at radius 3 is 2.77 bits per heavy atom. The van der Waals surface area contributed by atoms with Gasteiger partial charge in [0, 0.05) is 29.9 Å². The second kappa shape index (κ2) is 11.0. The van der Waals surface area contributed by atoms with Crippen molar-refractivity contribution in [3.8, 4) is 5.75 Å². The van der Waals surface area contributed by atoms with Gasteiger partial charge in [-0.1, -0.05) is 18.6 Å². The molecule has 0 spiro atoms. The molecule has 0 radical (unpaired) electrons. The number of hydrogen-bond acceptors (Lipinski definition) is 4. The molecule has 1 aliphatic carbocycles. The fraction of sp³-hybridized carbons (Fsp3) is 0.368. The van der Waals surface area contributed by atoms with E-state index in [4.69, 9.17) is 10.5 Å². The Balaban J connectivity index is 0.00000169. The summed E-state index contributed by atoms with van der Waals surface area (Å²) in [5, 5.41) is 2.98. The second-order valence-electron chi connectivity index (χ2n) is 6.25. The van der Waals surface area contributed by atoms with Crippen LogP contribution >= 0.6 is 24.8 Å². The lowest BCUT2D eigenvalue weighted by atomic mass is 9.85. The second-order valence-corrected chi connectivity index (χ2v) is 6.25. The van der Waals surface area contributed by atoms with Gasteiger partial charge in [0.1, 0.15) is 12.4 Å². The first-order chi connectivity index (χ1) is 11.7. The predicted molar refractivity (Wildman–Crippen MR) is 108 cm³/mol. The van der Waals surface area contributed by atoms with E-state index >= 15 is 0 Å². The maximum atomic E-state index is 12.4. The molecule has 7 heteroatoms. The van der Waals surface area contributed by atoms with E-state index in [9.17, 15) is 4.79 Å². The van der Waals surface area contributed by atoms with Crippen LogP contribution in [0.3, 0.4) is 0 Å². The van der Waals surface area contributed by atoms with Crippen molar-refractivity contribution in [3.05, 3.63) is 54.4 Å². The van der Waals surface area contributed by atoms with E-state index in [2.05, 4.69) is 10.3 Å². The van der Waals surface area contributed by atoms with Crippen molar-refractivity contribution in [2.75, 3.05) is 5.32 Å². The number of pyridine rings is 1. The summed E-state index contributed by atoms with van der Waals surface area (Å²) >= 11 is 0. The summed E-state index contributed by atoms with van der Waals surface area (Å²) in [6.45, 7) is 0.399. The van der Waals surface area contributed by atoms with Crippen molar-refractivity contribution in [2.45, 2.75) is 38.3 Å². The molecule has 3 rings (SSSR count). The van der Waals surface area contributed by atoms with Gasteiger partial charge in [-0.25, -0.2) is 0 Å². The molecule has 1 aliphatic rings. The number of anilines is 1. The summed E-state index contributed by atoms with van der Waals surface area (Å²) in [6.07, 6.45) is 5.45. The molecule has 0 aliphatic heterocycles. The first-order valence-electron chi connectivity index (χ1n) is 8.40. The van der Waals surface area contributed by atoms with E-state index in [1.807, 2.05) is 42.5 Å². The lowest BCUT2D eigenvalue weighted by Crippen LogP contribution is -2.34. The first-order valence-corrected chi connectivity index (χ1v) is 8.40. The smallest absolute Gasteiger partial charge is 0.227 e. The van der Waals surface area contributed by atoms with E-state index in [0.29, 0.717) is 12.4 Å². The van der Waals surface area contributed by atoms with E-state index in [1.54, 1.807) is 6.20 Å². The molecule has 26 heavy (non-hydrogen) atoms. The number of benzene rings is 1. The highest BCUT2D eigenvalue weighted by molar-refractivity contribution is 5.92. The van der Waals surface area contributed by atoms with Crippen molar-refractivity contribution in [3.63, 3.8) is 0 Å². The molecular weight excluding hydrogens is 373 g/mol. The monoisotopic (exact) mass is 397 g/mol. The number of hydrogen-bond donors (Lipinski definition) is 2. The number of rotatable bonds is 5. The van der Waals surface area contributed by atoms with Crippen molar-refractivity contribution < 1.29 is 9.53 Å². The molecule has 1 saturated carbocycles. The fourth-order valence-corrected chi connectivity index (χ4v) is 3.01. The molecule has 0 bridgehead atoms. The summed E-state index contributed by atoms with van der Waals surface area (Å²) in [4.78, 5) is 16.6. The van der Waals surface area contributed by atoms with E-state index in [-0.39, 0.29) is 42.7 Å². The maximum Gasteiger partial charge on any atom is 0.227 e. The van der Waals surface area contributed by atoms with E-state index in [1.165, 1.54) is 0 Å². The quantitative estimate of drug-likeness (QED) is 0.799. The Morgan fingerprint density at radius 1 is 1.19 bits per heavy atom. The maximum absolute atomic E-state index is 12.4. The number of ether oxygens (including phenoxy) is 1. The zero-order valence-corrected chi connectivity index (χ0v) is 16.1. The normalized spacial score (nSPS) is 18.8. The van der Waals surface area contributed by atoms with Gasteiger partial charge < -0.3 is 15.8 Å². The molecule has 2 aromatic rings. The molecule has 142 valence electrons. The molecule has 1 heterocycles. The van der Waals surface area contributed by atoms with Gasteiger partial charge in [-0.3, -0.25) is 9.78 Å². The average molecular weight is 398 g/mol. The topological polar surface area (TPSA) is 77.2 Å². The first kappa shape index (κ1) is 22.2.